The van der Waals surface area contributed by atoms with E-state index < -0.39 is 17.5 Å². The minimum Gasteiger partial charge on any atom is -0.319 e. The van der Waals surface area contributed by atoms with Crippen LogP contribution < -0.4 is 5.32 Å². The van der Waals surface area contributed by atoms with Gasteiger partial charge in [-0.1, -0.05) is 12.1 Å². The van der Waals surface area contributed by atoms with Crippen LogP contribution in [0.2, 0.25) is 0 Å². The molecule has 1 heterocycles. The monoisotopic (exact) mass is 389 g/mol. The Morgan fingerprint density at radius 3 is 2.28 bits per heavy atom. The van der Waals surface area contributed by atoms with E-state index in [0.29, 0.717) is 16.7 Å². The number of urea groups is 1. The summed E-state index contributed by atoms with van der Waals surface area (Å²) in [6.45, 7) is 9.07. The Labute approximate surface area is 170 Å². The van der Waals surface area contributed by atoms with Gasteiger partial charge in [0.25, 0.3) is 5.91 Å². The first-order valence-electron chi connectivity index (χ1n) is 9.35. The third-order valence-corrected chi connectivity index (χ3v) is 5.95. The third-order valence-electron chi connectivity index (χ3n) is 5.95. The fraction of sp³-hybridized carbons (Fsp3) is 0.304. The quantitative estimate of drug-likeness (QED) is 0.641. The number of ketones is 1. The van der Waals surface area contributed by atoms with Gasteiger partial charge in [-0.05, 0) is 80.6 Å². The number of nitrogens with zero attached hydrogens (tertiary/aromatic N) is 2. The standard InChI is InChI=1S/C23H23N3O3/c1-13-10-19(16(4)15(3)14(13)2)20(27)12-26-21(28)23(5,25-22(26)29)18-8-6-17(11-24)7-9-18/h6-10H,12H2,1-5H3,(H,25,29). The lowest BCUT2D eigenvalue weighted by atomic mass is 9.91. The van der Waals surface area contributed by atoms with E-state index in [1.54, 1.807) is 31.2 Å². The normalized spacial score (nSPS) is 18.6. The maximum atomic E-state index is 13.1. The van der Waals surface area contributed by atoms with Gasteiger partial charge in [0.1, 0.15) is 5.54 Å². The van der Waals surface area contributed by atoms with Crippen LogP contribution >= 0.6 is 0 Å². The molecule has 3 amide bonds. The highest BCUT2D eigenvalue weighted by atomic mass is 16.2. The number of Topliss-reactive ketones (excluding diaryl/α,β-unsaturated/α-hetero) is 1. The van der Waals surface area contributed by atoms with Gasteiger partial charge >= 0.3 is 6.03 Å². The van der Waals surface area contributed by atoms with Gasteiger partial charge < -0.3 is 5.32 Å². The van der Waals surface area contributed by atoms with Crippen LogP contribution in [-0.4, -0.2) is 29.2 Å². The van der Waals surface area contributed by atoms with Crippen molar-refractivity contribution in [3.63, 3.8) is 0 Å². The fourth-order valence-corrected chi connectivity index (χ4v) is 3.64. The summed E-state index contributed by atoms with van der Waals surface area (Å²) in [5.41, 5.74) is 4.29. The largest absolute Gasteiger partial charge is 0.325 e. The van der Waals surface area contributed by atoms with Crippen LogP contribution in [0.25, 0.3) is 0 Å². The molecule has 0 spiro atoms. The zero-order valence-electron chi connectivity index (χ0n) is 17.2. The zero-order chi connectivity index (χ0) is 21.5. The Morgan fingerprint density at radius 1 is 1.07 bits per heavy atom. The molecular formula is C23H23N3O3. The molecule has 1 aliphatic heterocycles. The molecule has 2 aromatic carbocycles. The number of hydrogen-bond acceptors (Lipinski definition) is 4. The number of nitriles is 1. The Kier molecular flexibility index (Phi) is 5.02. The lowest BCUT2D eigenvalue weighted by Crippen LogP contribution is -2.41. The maximum absolute atomic E-state index is 13.1. The predicted octanol–water partition coefficient (Wildman–Crippen LogP) is 3.44. The molecule has 1 unspecified atom stereocenters. The molecule has 1 fully saturated rings. The van der Waals surface area contributed by atoms with E-state index in [9.17, 15) is 14.4 Å². The Morgan fingerprint density at radius 2 is 1.69 bits per heavy atom. The first-order valence-corrected chi connectivity index (χ1v) is 9.35. The van der Waals surface area contributed by atoms with Crippen molar-refractivity contribution >= 4 is 17.7 Å². The highest BCUT2D eigenvalue weighted by Crippen LogP contribution is 2.30. The van der Waals surface area contributed by atoms with Crippen molar-refractivity contribution in [2.45, 2.75) is 40.2 Å². The van der Waals surface area contributed by atoms with Crippen molar-refractivity contribution < 1.29 is 14.4 Å². The number of carbonyl (C=O) groups is 3. The molecule has 29 heavy (non-hydrogen) atoms. The summed E-state index contributed by atoms with van der Waals surface area (Å²) in [7, 11) is 0. The van der Waals surface area contributed by atoms with Gasteiger partial charge in [-0.2, -0.15) is 5.26 Å². The number of hydrogen-bond donors (Lipinski definition) is 1. The number of rotatable bonds is 4. The molecule has 3 rings (SSSR count). The Balaban J connectivity index is 1.89. The topological polar surface area (TPSA) is 90.3 Å². The molecule has 0 aromatic heterocycles. The summed E-state index contributed by atoms with van der Waals surface area (Å²) in [6.07, 6.45) is 0. The third kappa shape index (κ3) is 3.29. The number of nitrogens with one attached hydrogen (secondary N) is 1. The number of imide groups is 1. The van der Waals surface area contributed by atoms with Crippen molar-refractivity contribution in [1.29, 1.82) is 5.26 Å². The van der Waals surface area contributed by atoms with Gasteiger partial charge in [-0.3, -0.25) is 14.5 Å². The molecular weight excluding hydrogens is 366 g/mol. The molecule has 6 nitrogen and oxygen atoms in total. The second-order valence-electron chi connectivity index (χ2n) is 7.67. The Bertz CT molecular complexity index is 1080. The van der Waals surface area contributed by atoms with Crippen LogP contribution in [0.5, 0.6) is 0 Å². The number of carbonyl (C=O) groups excluding carboxylic acids is 3. The first-order chi connectivity index (χ1) is 13.6. The van der Waals surface area contributed by atoms with E-state index >= 15 is 0 Å². The van der Waals surface area contributed by atoms with E-state index in [2.05, 4.69) is 5.32 Å². The van der Waals surface area contributed by atoms with Crippen LogP contribution in [-0.2, 0) is 10.3 Å². The van der Waals surface area contributed by atoms with E-state index in [-0.39, 0.29) is 12.3 Å². The van der Waals surface area contributed by atoms with E-state index in [0.717, 1.165) is 27.2 Å². The minimum absolute atomic E-state index is 0.277. The molecule has 148 valence electrons. The number of aryl methyl sites for hydroxylation is 1. The van der Waals surface area contributed by atoms with Crippen LogP contribution in [0.4, 0.5) is 4.79 Å². The molecule has 1 aliphatic rings. The Hall–Kier alpha value is -3.46. The second-order valence-corrected chi connectivity index (χ2v) is 7.67. The molecule has 0 aliphatic carbocycles. The van der Waals surface area contributed by atoms with Crippen molar-refractivity contribution in [3.8, 4) is 6.07 Å². The second kappa shape index (κ2) is 7.17. The van der Waals surface area contributed by atoms with E-state index in [4.69, 9.17) is 5.26 Å². The summed E-state index contributed by atoms with van der Waals surface area (Å²) >= 11 is 0. The van der Waals surface area contributed by atoms with Crippen molar-refractivity contribution in [3.05, 3.63) is 69.3 Å². The lowest BCUT2D eigenvalue weighted by molar-refractivity contribution is -0.130. The van der Waals surface area contributed by atoms with Gasteiger partial charge in [0, 0.05) is 5.56 Å². The smallest absolute Gasteiger partial charge is 0.319 e. The SMILES string of the molecule is Cc1cc(C(=O)CN2C(=O)NC(C)(c3ccc(C#N)cc3)C2=O)c(C)c(C)c1C. The molecule has 1 saturated heterocycles. The molecule has 6 heteroatoms. The van der Waals surface area contributed by atoms with Crippen LogP contribution in [0.15, 0.2) is 30.3 Å². The summed E-state index contributed by atoms with van der Waals surface area (Å²) < 4.78 is 0. The van der Waals surface area contributed by atoms with Gasteiger partial charge in [-0.25, -0.2) is 4.79 Å². The van der Waals surface area contributed by atoms with Crippen LogP contribution in [0, 0.1) is 39.0 Å². The summed E-state index contributed by atoms with van der Waals surface area (Å²) in [5, 5.41) is 11.6. The van der Waals surface area contributed by atoms with E-state index in [1.807, 2.05) is 39.8 Å². The van der Waals surface area contributed by atoms with Crippen LogP contribution in [0.3, 0.4) is 0 Å². The number of amides is 3. The first kappa shape index (κ1) is 20.3. The molecule has 1 atom stereocenters. The van der Waals surface area contributed by atoms with Gasteiger partial charge in [0.15, 0.2) is 5.78 Å². The highest BCUT2D eigenvalue weighted by molar-refractivity contribution is 6.11. The van der Waals surface area contributed by atoms with Crippen molar-refractivity contribution in [1.82, 2.24) is 10.2 Å². The summed E-state index contributed by atoms with van der Waals surface area (Å²) in [5.74, 6) is -0.764. The molecule has 1 N–H and O–H groups in total. The fourth-order valence-electron chi connectivity index (χ4n) is 3.64. The molecule has 2 aromatic rings. The van der Waals surface area contributed by atoms with Gasteiger partial charge in [0.05, 0.1) is 18.2 Å². The summed E-state index contributed by atoms with van der Waals surface area (Å²) in [4.78, 5) is 39.5. The maximum Gasteiger partial charge on any atom is 0.325 e. The van der Waals surface area contributed by atoms with Crippen molar-refractivity contribution in [2.24, 2.45) is 0 Å². The van der Waals surface area contributed by atoms with Crippen LogP contribution in [0.1, 0.15) is 50.7 Å². The number of benzene rings is 2. The zero-order valence-corrected chi connectivity index (χ0v) is 17.2. The highest BCUT2D eigenvalue weighted by Gasteiger charge is 2.49. The lowest BCUT2D eigenvalue weighted by Gasteiger charge is -2.22. The van der Waals surface area contributed by atoms with Gasteiger partial charge in [-0.15, -0.1) is 0 Å². The minimum atomic E-state index is -1.28. The molecule has 0 bridgehead atoms. The van der Waals surface area contributed by atoms with Gasteiger partial charge in [0.2, 0.25) is 0 Å². The summed E-state index contributed by atoms with van der Waals surface area (Å²) in [6, 6.07) is 9.70. The van der Waals surface area contributed by atoms with E-state index in [1.165, 1.54) is 0 Å². The molecule has 0 saturated carbocycles. The average Bonchev–Trinajstić information content (AvgIpc) is 2.93. The molecule has 0 radical (unpaired) electrons. The van der Waals surface area contributed by atoms with Crippen molar-refractivity contribution in [2.75, 3.05) is 6.54 Å². The predicted molar refractivity (Wildman–Crippen MR) is 108 cm³/mol. The average molecular weight is 389 g/mol.